The van der Waals surface area contributed by atoms with E-state index in [9.17, 15) is 0 Å². The predicted molar refractivity (Wildman–Crippen MR) is 125 cm³/mol. The molecule has 174 valence electrons. The highest BCUT2D eigenvalue weighted by atomic mass is 32.1. The molecule has 1 atom stereocenters. The maximum absolute atomic E-state index is 6.55. The number of benzene rings is 1. The Morgan fingerprint density at radius 3 is 2.70 bits per heavy atom. The summed E-state index contributed by atoms with van der Waals surface area (Å²) in [7, 11) is 4.87. The fourth-order valence-electron chi connectivity index (χ4n) is 4.33. The lowest BCUT2D eigenvalue weighted by Gasteiger charge is -2.15. The molecular weight excluding hydrogens is 446 g/mol. The molecule has 2 aromatic heterocycles. The Labute approximate surface area is 195 Å². The minimum atomic E-state index is -0.184. The summed E-state index contributed by atoms with van der Waals surface area (Å²) in [5.74, 6) is 2.31. The van der Waals surface area contributed by atoms with Crippen LogP contribution in [0.4, 0.5) is 5.69 Å². The van der Waals surface area contributed by atoms with Gasteiger partial charge in [0.2, 0.25) is 18.3 Å². The Morgan fingerprint density at radius 2 is 1.94 bits per heavy atom. The third kappa shape index (κ3) is 3.68. The Bertz CT molecular complexity index is 1260. The SMILES string of the molecule is COCc1cc(C)nc2sc(C3=NOC(Cc4cc(OC)c5c(c4OC)OCO5)C3)c(N)c12. The van der Waals surface area contributed by atoms with Gasteiger partial charge in [0.05, 0.1) is 31.4 Å². The van der Waals surface area contributed by atoms with Crippen LogP contribution in [0, 0.1) is 6.92 Å². The average molecular weight is 472 g/mol. The number of nitrogens with zero attached hydrogens (tertiary/aromatic N) is 2. The smallest absolute Gasteiger partial charge is 0.231 e. The number of thiophene rings is 1. The maximum atomic E-state index is 6.55. The van der Waals surface area contributed by atoms with Crippen LogP contribution in [-0.2, 0) is 22.6 Å². The van der Waals surface area contributed by atoms with E-state index in [1.165, 1.54) is 11.3 Å². The van der Waals surface area contributed by atoms with Crippen molar-refractivity contribution < 1.29 is 28.5 Å². The summed E-state index contributed by atoms with van der Waals surface area (Å²) in [5.41, 5.74) is 10.9. The monoisotopic (exact) mass is 471 g/mol. The quantitative estimate of drug-likeness (QED) is 0.554. The third-order valence-corrected chi connectivity index (χ3v) is 6.86. The molecule has 0 fully saturated rings. The summed E-state index contributed by atoms with van der Waals surface area (Å²) >= 11 is 1.53. The van der Waals surface area contributed by atoms with E-state index in [1.807, 2.05) is 19.1 Å². The minimum absolute atomic E-state index is 0.127. The molecule has 0 amide bonds. The Hall–Kier alpha value is -3.24. The van der Waals surface area contributed by atoms with Crippen LogP contribution in [-0.4, -0.2) is 44.9 Å². The number of methoxy groups -OCH3 is 3. The first kappa shape index (κ1) is 21.6. The summed E-state index contributed by atoms with van der Waals surface area (Å²) in [6.45, 7) is 2.56. The first-order valence-corrected chi connectivity index (χ1v) is 11.3. The van der Waals surface area contributed by atoms with E-state index < -0.39 is 0 Å². The number of hydrogen-bond donors (Lipinski definition) is 1. The minimum Gasteiger partial charge on any atom is -0.493 e. The van der Waals surface area contributed by atoms with Gasteiger partial charge in [0.15, 0.2) is 11.5 Å². The van der Waals surface area contributed by atoms with Crippen LogP contribution in [0.2, 0.25) is 0 Å². The fraction of sp³-hybridized carbons (Fsp3) is 0.391. The molecule has 0 aliphatic carbocycles. The van der Waals surface area contributed by atoms with Gasteiger partial charge in [-0.25, -0.2) is 4.98 Å². The van der Waals surface area contributed by atoms with Crippen molar-refractivity contribution in [2.75, 3.05) is 33.9 Å². The zero-order valence-electron chi connectivity index (χ0n) is 18.9. The molecule has 0 radical (unpaired) electrons. The van der Waals surface area contributed by atoms with Gasteiger partial charge in [-0.3, -0.25) is 0 Å². The van der Waals surface area contributed by atoms with Crippen LogP contribution < -0.4 is 24.7 Å². The van der Waals surface area contributed by atoms with Gasteiger partial charge >= 0.3 is 0 Å². The zero-order valence-corrected chi connectivity index (χ0v) is 19.7. The van der Waals surface area contributed by atoms with Crippen molar-refractivity contribution in [3.8, 4) is 23.0 Å². The van der Waals surface area contributed by atoms with E-state index in [0.29, 0.717) is 48.1 Å². The van der Waals surface area contributed by atoms with Crippen LogP contribution in [0.1, 0.15) is 28.1 Å². The number of nitrogen functional groups attached to an aromatic ring is 1. The zero-order chi connectivity index (χ0) is 23.1. The van der Waals surface area contributed by atoms with Crippen LogP contribution in [0.25, 0.3) is 10.2 Å². The molecule has 3 aromatic rings. The molecule has 2 aliphatic heterocycles. The van der Waals surface area contributed by atoms with E-state index in [-0.39, 0.29) is 12.9 Å². The Morgan fingerprint density at radius 1 is 1.12 bits per heavy atom. The van der Waals surface area contributed by atoms with E-state index in [2.05, 4.69) is 10.1 Å². The summed E-state index contributed by atoms with van der Waals surface area (Å²) < 4.78 is 27.6. The molecule has 0 bridgehead atoms. The van der Waals surface area contributed by atoms with Crippen LogP contribution in [0.15, 0.2) is 17.3 Å². The summed E-state index contributed by atoms with van der Waals surface area (Å²) in [6, 6.07) is 3.90. The van der Waals surface area contributed by atoms with Gasteiger partial charge in [0.25, 0.3) is 0 Å². The number of aryl methyl sites for hydroxylation is 1. The van der Waals surface area contributed by atoms with Crippen molar-refractivity contribution in [3.63, 3.8) is 0 Å². The summed E-state index contributed by atoms with van der Waals surface area (Å²) in [5, 5.41) is 5.29. The van der Waals surface area contributed by atoms with E-state index in [1.54, 1.807) is 21.3 Å². The second-order valence-corrected chi connectivity index (χ2v) is 8.89. The largest absolute Gasteiger partial charge is 0.493 e. The molecular formula is C23H25N3O6S. The number of fused-ring (bicyclic) bond motifs is 2. The van der Waals surface area contributed by atoms with Gasteiger partial charge in [-0.2, -0.15) is 0 Å². The topological polar surface area (TPSA) is 107 Å². The van der Waals surface area contributed by atoms with Crippen molar-refractivity contribution in [3.05, 3.63) is 33.8 Å². The van der Waals surface area contributed by atoms with E-state index >= 15 is 0 Å². The Kier molecular flexibility index (Phi) is 5.63. The molecule has 0 saturated carbocycles. The first-order chi connectivity index (χ1) is 16.0. The first-order valence-electron chi connectivity index (χ1n) is 10.5. The second-order valence-electron chi connectivity index (χ2n) is 7.89. The highest BCUT2D eigenvalue weighted by molar-refractivity contribution is 7.21. The van der Waals surface area contributed by atoms with Crippen LogP contribution in [0.3, 0.4) is 0 Å². The molecule has 4 heterocycles. The lowest BCUT2D eigenvalue weighted by atomic mass is 10.0. The molecule has 33 heavy (non-hydrogen) atoms. The molecule has 0 spiro atoms. The standard InChI is InChI=1S/C23H25N3O6S/c1-11-5-13(9-27-2)17-18(24)22(33-23(17)25-11)15-8-14(32-26-15)6-12-7-16(28-3)20-21(19(12)29-4)31-10-30-20/h5,7,14H,6,8-10,24H2,1-4H3. The molecule has 0 saturated heterocycles. The molecule has 5 rings (SSSR count). The lowest BCUT2D eigenvalue weighted by molar-refractivity contribution is 0.0853. The predicted octanol–water partition coefficient (Wildman–Crippen LogP) is 3.81. The van der Waals surface area contributed by atoms with Gasteiger partial charge in [0, 0.05) is 36.6 Å². The number of pyridine rings is 1. The van der Waals surface area contributed by atoms with Crippen LogP contribution in [0.5, 0.6) is 23.0 Å². The molecule has 9 nitrogen and oxygen atoms in total. The normalized spacial score (nSPS) is 16.7. The van der Waals surface area contributed by atoms with Crippen molar-refractivity contribution >= 4 is 33.0 Å². The number of oxime groups is 1. The molecule has 1 unspecified atom stereocenters. The molecule has 2 N–H and O–H groups in total. The third-order valence-electron chi connectivity index (χ3n) is 5.72. The van der Waals surface area contributed by atoms with Crippen molar-refractivity contribution in [1.82, 2.24) is 4.98 Å². The number of aromatic nitrogens is 1. The molecule has 2 aliphatic rings. The number of nitrogens with two attached hydrogens (primary N) is 1. The maximum Gasteiger partial charge on any atom is 0.231 e. The highest BCUT2D eigenvalue weighted by Gasteiger charge is 2.31. The van der Waals surface area contributed by atoms with Gasteiger partial charge in [-0.1, -0.05) is 5.16 Å². The number of hydrogen-bond acceptors (Lipinski definition) is 10. The number of ether oxygens (including phenoxy) is 5. The summed E-state index contributed by atoms with van der Waals surface area (Å²) in [6.07, 6.45) is 0.979. The van der Waals surface area contributed by atoms with Crippen molar-refractivity contribution in [2.24, 2.45) is 5.16 Å². The highest BCUT2D eigenvalue weighted by Crippen LogP contribution is 2.50. The lowest BCUT2D eigenvalue weighted by Crippen LogP contribution is -2.13. The van der Waals surface area contributed by atoms with E-state index in [4.69, 9.17) is 34.3 Å². The van der Waals surface area contributed by atoms with Gasteiger partial charge in [-0.15, -0.1) is 11.3 Å². The van der Waals surface area contributed by atoms with Gasteiger partial charge < -0.3 is 34.3 Å². The van der Waals surface area contributed by atoms with Crippen molar-refractivity contribution in [1.29, 1.82) is 0 Å². The van der Waals surface area contributed by atoms with Crippen LogP contribution >= 0.6 is 11.3 Å². The fourth-order valence-corrected chi connectivity index (χ4v) is 5.51. The average Bonchev–Trinajstić information content (AvgIpc) is 3.52. The Balaban J connectivity index is 1.42. The number of rotatable bonds is 7. The van der Waals surface area contributed by atoms with Gasteiger partial charge in [-0.05, 0) is 24.6 Å². The second kappa shape index (κ2) is 8.60. The van der Waals surface area contributed by atoms with Crippen molar-refractivity contribution in [2.45, 2.75) is 32.5 Å². The van der Waals surface area contributed by atoms with E-state index in [0.717, 1.165) is 37.6 Å². The van der Waals surface area contributed by atoms with Gasteiger partial charge in [0.1, 0.15) is 16.6 Å². The molecule has 10 heteroatoms. The summed E-state index contributed by atoms with van der Waals surface area (Å²) in [4.78, 5) is 12.2. The number of anilines is 1. The molecule has 1 aromatic carbocycles.